The predicted molar refractivity (Wildman–Crippen MR) is 151 cm³/mol. The number of hydrogen-bond acceptors (Lipinski definition) is 7. The van der Waals surface area contributed by atoms with Gasteiger partial charge in [0.2, 0.25) is 5.95 Å². The van der Waals surface area contributed by atoms with E-state index in [2.05, 4.69) is 30.5 Å². The zero-order chi connectivity index (χ0) is 27.7. The average Bonchev–Trinajstić information content (AvgIpc) is 2.96. The van der Waals surface area contributed by atoms with E-state index in [1.807, 2.05) is 36.4 Å². The van der Waals surface area contributed by atoms with E-state index in [1.165, 1.54) is 33.8 Å². The number of halogens is 3. The molecule has 0 amide bonds. The fourth-order valence-electron chi connectivity index (χ4n) is 3.29. The first-order valence-corrected chi connectivity index (χ1v) is 12.1. The van der Waals surface area contributed by atoms with Gasteiger partial charge in [-0.3, -0.25) is 9.97 Å². The molecule has 3 N–H and O–H groups in total. The Kier molecular flexibility index (Phi) is 8.91. The fourth-order valence-corrected chi connectivity index (χ4v) is 3.48. The third kappa shape index (κ3) is 7.90. The first-order valence-electron chi connectivity index (χ1n) is 11.6. The number of pyridine rings is 2. The lowest BCUT2D eigenvalue weighted by molar-refractivity contribution is 0.104. The second kappa shape index (κ2) is 12.7. The van der Waals surface area contributed by atoms with Crippen LogP contribution in [0, 0.1) is 5.82 Å². The quantitative estimate of drug-likeness (QED) is 0.146. The first kappa shape index (κ1) is 27.3. The van der Waals surface area contributed by atoms with E-state index in [0.29, 0.717) is 16.9 Å². The third-order valence-corrected chi connectivity index (χ3v) is 5.53. The number of benzene rings is 2. The summed E-state index contributed by atoms with van der Waals surface area (Å²) in [5, 5.41) is 4.03. The number of hydrazone groups is 1. The highest BCUT2D eigenvalue weighted by Crippen LogP contribution is 2.34. The smallest absolute Gasteiger partial charge is 0.283 e. The maximum atomic E-state index is 14.4. The Morgan fingerprint density at radius 1 is 0.821 bits per heavy atom. The van der Waals surface area contributed by atoms with E-state index in [-0.39, 0.29) is 17.2 Å². The summed E-state index contributed by atoms with van der Waals surface area (Å²) in [7, 11) is 1.50. The maximum absolute atomic E-state index is 14.4. The Morgan fingerprint density at radius 2 is 1.51 bits per heavy atom. The second-order valence-corrected chi connectivity index (χ2v) is 8.82. The van der Waals surface area contributed by atoms with Gasteiger partial charge in [0.05, 0.1) is 30.0 Å². The molecule has 0 spiro atoms. The van der Waals surface area contributed by atoms with Crippen LogP contribution in [0.25, 0.3) is 22.4 Å². The van der Waals surface area contributed by atoms with Gasteiger partial charge < -0.3 is 5.73 Å². The number of hydrogen-bond donors (Lipinski definition) is 2. The van der Waals surface area contributed by atoms with Crippen molar-refractivity contribution in [1.29, 1.82) is 0 Å². The molecule has 7 nitrogen and oxygen atoms in total. The molecule has 1 atom stereocenters. The van der Waals surface area contributed by atoms with Gasteiger partial charge in [0, 0.05) is 29.1 Å². The van der Waals surface area contributed by atoms with E-state index in [9.17, 15) is 13.2 Å². The molecule has 0 saturated carbocycles. The molecule has 0 aliphatic heterocycles. The number of anilines is 2. The molecule has 1 unspecified atom stereocenters. The van der Waals surface area contributed by atoms with Crippen LogP contribution in [-0.2, 0) is 5.66 Å². The van der Waals surface area contributed by atoms with E-state index in [0.717, 1.165) is 17.3 Å². The van der Waals surface area contributed by atoms with E-state index >= 15 is 0 Å². The summed E-state index contributed by atoms with van der Waals surface area (Å²) in [6, 6.07) is 22.7. The van der Waals surface area contributed by atoms with Crippen molar-refractivity contribution in [2.24, 2.45) is 5.10 Å². The Hall–Kier alpha value is -4.69. The SMILES string of the molecule is FC(F)(P)c1ccccc1.Nc1ccc(/C=N/Nc2ncc(F)c(-c3cncc(-c4ccccc4)c3)n2)nc1. The standard InChI is InChI=1S/C21H16FN7.C7H7F2P/c22-19-13-26-21(29-27-12-18-7-6-17(23)11-25-18)28-20(19)16-8-15(9-24-10-16)14-4-2-1-3-5-14;8-7(9,10)6-4-2-1-3-5-6/h1-13H,23H2,(H,26,28,29);1-5H,10H2/b27-12+;. The molecule has 3 heterocycles. The first-order chi connectivity index (χ1) is 18.8. The Morgan fingerprint density at radius 3 is 2.15 bits per heavy atom. The van der Waals surface area contributed by atoms with Gasteiger partial charge in [0.1, 0.15) is 5.69 Å². The topological polar surface area (TPSA) is 102 Å². The van der Waals surface area contributed by atoms with Crippen LogP contribution < -0.4 is 11.2 Å². The van der Waals surface area contributed by atoms with Crippen molar-refractivity contribution in [3.8, 4) is 22.4 Å². The van der Waals surface area contributed by atoms with Gasteiger partial charge in [-0.1, -0.05) is 69.9 Å². The molecule has 0 aliphatic carbocycles. The van der Waals surface area contributed by atoms with E-state index in [1.54, 1.807) is 42.7 Å². The van der Waals surface area contributed by atoms with Crippen LogP contribution in [0.1, 0.15) is 11.3 Å². The Balaban J connectivity index is 0.000000298. The summed E-state index contributed by atoms with van der Waals surface area (Å²) < 4.78 is 39.2. The van der Waals surface area contributed by atoms with Crippen molar-refractivity contribution in [3.05, 3.63) is 121 Å². The number of alkyl halides is 2. The summed E-state index contributed by atoms with van der Waals surface area (Å²) >= 11 is 0. The van der Waals surface area contributed by atoms with Crippen molar-refractivity contribution in [3.63, 3.8) is 0 Å². The molecule has 196 valence electrons. The van der Waals surface area contributed by atoms with Crippen molar-refractivity contribution in [2.75, 3.05) is 11.2 Å². The van der Waals surface area contributed by atoms with Crippen molar-refractivity contribution >= 4 is 27.1 Å². The van der Waals surface area contributed by atoms with Crippen molar-refractivity contribution in [2.45, 2.75) is 5.66 Å². The Bertz CT molecular complexity index is 1530. The molecular weight excluding hydrogens is 522 g/mol. The lowest BCUT2D eigenvalue weighted by Gasteiger charge is -2.08. The average molecular weight is 546 g/mol. The second-order valence-electron chi connectivity index (χ2n) is 8.09. The molecule has 0 saturated heterocycles. The van der Waals surface area contributed by atoms with Gasteiger partial charge in [0.15, 0.2) is 5.82 Å². The maximum Gasteiger partial charge on any atom is 0.283 e. The normalized spacial score (nSPS) is 11.1. The molecular formula is C28H23F3N7P. The summed E-state index contributed by atoms with van der Waals surface area (Å²) in [5.74, 6) is -0.398. The Labute approximate surface area is 225 Å². The van der Waals surface area contributed by atoms with Gasteiger partial charge in [0.25, 0.3) is 5.66 Å². The number of aromatic nitrogens is 4. The summed E-state index contributed by atoms with van der Waals surface area (Å²) in [5.41, 5.74) is 9.20. The van der Waals surface area contributed by atoms with Crippen molar-refractivity contribution in [1.82, 2.24) is 19.9 Å². The lowest BCUT2D eigenvalue weighted by Crippen LogP contribution is -2.01. The van der Waals surface area contributed by atoms with Crippen LogP contribution in [0.5, 0.6) is 0 Å². The monoisotopic (exact) mass is 545 g/mol. The summed E-state index contributed by atoms with van der Waals surface area (Å²) in [4.78, 5) is 16.5. The van der Waals surface area contributed by atoms with E-state index < -0.39 is 11.5 Å². The number of nitrogens with two attached hydrogens (primary N) is 1. The van der Waals surface area contributed by atoms with Gasteiger partial charge in [-0.15, -0.1) is 0 Å². The number of rotatable bonds is 6. The highest BCUT2D eigenvalue weighted by atomic mass is 31.0. The van der Waals surface area contributed by atoms with Crippen LogP contribution in [0.4, 0.5) is 24.8 Å². The number of nitrogen functional groups attached to an aromatic ring is 1. The van der Waals surface area contributed by atoms with Crippen molar-refractivity contribution < 1.29 is 13.2 Å². The summed E-state index contributed by atoms with van der Waals surface area (Å²) in [6.07, 6.45) is 7.39. The molecule has 5 rings (SSSR count). The molecule has 0 bridgehead atoms. The van der Waals surface area contributed by atoms with Gasteiger partial charge in [-0.2, -0.15) is 13.9 Å². The molecule has 11 heteroatoms. The lowest BCUT2D eigenvalue weighted by atomic mass is 10.0. The van der Waals surface area contributed by atoms with Gasteiger partial charge in [-0.05, 0) is 23.8 Å². The predicted octanol–water partition coefficient (Wildman–Crippen LogP) is 6.38. The minimum absolute atomic E-state index is 0.0278. The molecule has 39 heavy (non-hydrogen) atoms. The minimum atomic E-state index is -2.79. The number of nitrogens with one attached hydrogen (secondary N) is 1. The largest absolute Gasteiger partial charge is 0.397 e. The highest BCUT2D eigenvalue weighted by Gasteiger charge is 2.23. The van der Waals surface area contributed by atoms with Crippen LogP contribution in [-0.4, -0.2) is 26.2 Å². The zero-order valence-corrected chi connectivity index (χ0v) is 21.6. The fraction of sp³-hybridized carbons (Fsp3) is 0.0357. The number of nitrogens with zero attached hydrogens (tertiary/aromatic N) is 5. The molecule has 5 aromatic rings. The zero-order valence-electron chi connectivity index (χ0n) is 20.4. The molecule has 3 aromatic heterocycles. The highest BCUT2D eigenvalue weighted by molar-refractivity contribution is 7.17. The van der Waals surface area contributed by atoms with Crippen LogP contribution in [0.15, 0.2) is 109 Å². The van der Waals surface area contributed by atoms with Crippen LogP contribution >= 0.6 is 9.24 Å². The van der Waals surface area contributed by atoms with Gasteiger partial charge >= 0.3 is 0 Å². The van der Waals surface area contributed by atoms with Crippen LogP contribution in [0.3, 0.4) is 0 Å². The van der Waals surface area contributed by atoms with Crippen LogP contribution in [0.2, 0.25) is 0 Å². The molecule has 0 aliphatic rings. The minimum Gasteiger partial charge on any atom is -0.397 e. The van der Waals surface area contributed by atoms with Gasteiger partial charge in [-0.25, -0.2) is 19.8 Å². The van der Waals surface area contributed by atoms with E-state index in [4.69, 9.17) is 5.73 Å². The molecule has 2 aromatic carbocycles. The summed E-state index contributed by atoms with van der Waals surface area (Å²) in [6.45, 7) is 0. The third-order valence-electron chi connectivity index (χ3n) is 5.19. The molecule has 0 radical (unpaired) electrons. The molecule has 0 fully saturated rings.